The van der Waals surface area contributed by atoms with Gasteiger partial charge < -0.3 is 24.1 Å². The summed E-state index contributed by atoms with van der Waals surface area (Å²) >= 11 is 0. The number of ether oxygens (including phenoxy) is 4. The maximum Gasteiger partial charge on any atom is 0.331 e. The summed E-state index contributed by atoms with van der Waals surface area (Å²) in [5.74, 6) is -3.18. The van der Waals surface area contributed by atoms with Crippen molar-refractivity contribution in [3.63, 3.8) is 0 Å². The number of cyclic esters (lactones) is 1. The van der Waals surface area contributed by atoms with Crippen molar-refractivity contribution in [3.05, 3.63) is 11.6 Å². The van der Waals surface area contributed by atoms with Crippen LogP contribution in [-0.2, 0) is 33.3 Å². The van der Waals surface area contributed by atoms with Gasteiger partial charge >= 0.3 is 17.9 Å². The van der Waals surface area contributed by atoms with Crippen LogP contribution in [0.25, 0.3) is 0 Å². The van der Waals surface area contributed by atoms with E-state index in [1.54, 1.807) is 6.92 Å². The van der Waals surface area contributed by atoms with Gasteiger partial charge in [0.1, 0.15) is 29.8 Å². The maximum atomic E-state index is 12.8. The van der Waals surface area contributed by atoms with Crippen LogP contribution < -0.4 is 0 Å². The number of epoxide rings is 1. The fourth-order valence-corrected chi connectivity index (χ4v) is 6.54. The van der Waals surface area contributed by atoms with Crippen LogP contribution >= 0.6 is 0 Å². The third-order valence-electron chi connectivity index (χ3n) is 7.81. The Bertz CT molecular complexity index is 819. The quantitative estimate of drug-likeness (QED) is 0.407. The highest BCUT2D eigenvalue weighted by Gasteiger charge is 2.78. The molecule has 8 nitrogen and oxygen atoms in total. The predicted octanol–water partition coefficient (Wildman–Crippen LogP) is 0.363. The van der Waals surface area contributed by atoms with Gasteiger partial charge in [-0.05, 0) is 31.3 Å². The topological polar surface area (TPSA) is 112 Å². The van der Waals surface area contributed by atoms with Gasteiger partial charge in [0.25, 0.3) is 0 Å². The van der Waals surface area contributed by atoms with Gasteiger partial charge in [0.15, 0.2) is 0 Å². The standard InChI is InChI=1S/C20H24O8/c1-7(17(23)25-4)13-11-8(5-10(21)27-13)19(2)6-9-16(26-9)20(3)15(19)14(12(11)22)28-18(20)24/h5,7,9,11-16,22H,6H2,1-4H3/t7-,9+,11-,12-,13-,14-,15+,16+,19-,20-/m1/s1. The second kappa shape index (κ2) is 5.36. The Balaban J connectivity index is 1.65. The first-order valence-electron chi connectivity index (χ1n) is 9.69. The number of carbonyl (C=O) groups excluding carboxylic acids is 3. The monoisotopic (exact) mass is 392 g/mol. The molecular weight excluding hydrogens is 368 g/mol. The zero-order valence-corrected chi connectivity index (χ0v) is 16.2. The number of aliphatic hydroxyl groups is 1. The minimum atomic E-state index is -1.09. The number of aliphatic hydroxyl groups excluding tert-OH is 1. The summed E-state index contributed by atoms with van der Waals surface area (Å²) in [6.07, 6.45) is -0.953. The van der Waals surface area contributed by atoms with E-state index in [1.165, 1.54) is 13.2 Å². The Hall–Kier alpha value is -1.93. The number of rotatable bonds is 2. The molecule has 2 aliphatic carbocycles. The van der Waals surface area contributed by atoms with Gasteiger partial charge in [-0.1, -0.05) is 6.92 Å². The van der Waals surface area contributed by atoms with Crippen LogP contribution in [0.5, 0.6) is 0 Å². The molecular formula is C20H24O8. The van der Waals surface area contributed by atoms with E-state index < -0.39 is 52.9 Å². The summed E-state index contributed by atoms with van der Waals surface area (Å²) in [6, 6.07) is 0. The van der Waals surface area contributed by atoms with Crippen molar-refractivity contribution in [1.82, 2.24) is 0 Å². The molecule has 4 fully saturated rings. The largest absolute Gasteiger partial charge is 0.469 e. The lowest BCUT2D eigenvalue weighted by Gasteiger charge is -2.56. The average Bonchev–Trinajstić information content (AvgIpc) is 3.37. The predicted molar refractivity (Wildman–Crippen MR) is 91.5 cm³/mol. The van der Waals surface area contributed by atoms with E-state index in [-0.39, 0.29) is 24.1 Å². The molecule has 3 aliphatic heterocycles. The molecule has 0 aromatic rings. The smallest absolute Gasteiger partial charge is 0.331 e. The number of hydrogen-bond donors (Lipinski definition) is 1. The van der Waals surface area contributed by atoms with E-state index in [1.807, 2.05) is 13.8 Å². The molecule has 5 rings (SSSR count). The summed E-state index contributed by atoms with van der Waals surface area (Å²) in [4.78, 5) is 37.4. The molecule has 2 saturated heterocycles. The van der Waals surface area contributed by atoms with E-state index in [2.05, 4.69) is 0 Å². The summed E-state index contributed by atoms with van der Waals surface area (Å²) in [5.41, 5.74) is -0.725. The lowest BCUT2D eigenvalue weighted by molar-refractivity contribution is -0.178. The van der Waals surface area contributed by atoms with Gasteiger partial charge in [-0.25, -0.2) is 4.79 Å². The number of fused-ring (bicyclic) bond motifs is 4. The summed E-state index contributed by atoms with van der Waals surface area (Å²) in [7, 11) is 1.27. The Kier molecular flexibility index (Phi) is 3.47. The summed E-state index contributed by atoms with van der Waals surface area (Å²) < 4.78 is 21.8. The SMILES string of the molecule is COC(=O)[C@H](C)[C@H]1OC(=O)C=C2[C@@H]1[C@@H](O)[C@H]1OC(=O)[C@]3(C)[C@@H]1[C@]2(C)C[C@@H]1O[C@@H]13. The molecule has 28 heavy (non-hydrogen) atoms. The van der Waals surface area contributed by atoms with Crippen LogP contribution in [0.2, 0.25) is 0 Å². The molecule has 0 aromatic carbocycles. The van der Waals surface area contributed by atoms with Gasteiger partial charge in [-0.15, -0.1) is 0 Å². The van der Waals surface area contributed by atoms with Gasteiger partial charge in [-0.3, -0.25) is 9.59 Å². The first-order chi connectivity index (χ1) is 13.1. The molecule has 1 N–H and O–H groups in total. The van der Waals surface area contributed by atoms with Crippen LogP contribution in [0.3, 0.4) is 0 Å². The minimum absolute atomic E-state index is 0.0798. The Morgan fingerprint density at radius 3 is 2.71 bits per heavy atom. The molecule has 0 spiro atoms. The number of esters is 3. The highest BCUT2D eigenvalue weighted by molar-refractivity contribution is 5.87. The number of methoxy groups -OCH3 is 1. The van der Waals surface area contributed by atoms with Gasteiger partial charge in [-0.2, -0.15) is 0 Å². The Morgan fingerprint density at radius 2 is 2.04 bits per heavy atom. The number of hydrogen-bond acceptors (Lipinski definition) is 8. The van der Waals surface area contributed by atoms with Crippen molar-refractivity contribution in [2.75, 3.05) is 7.11 Å². The van der Waals surface area contributed by atoms with Crippen LogP contribution in [0.4, 0.5) is 0 Å². The zero-order valence-electron chi connectivity index (χ0n) is 16.2. The first-order valence-corrected chi connectivity index (χ1v) is 9.69. The fourth-order valence-electron chi connectivity index (χ4n) is 6.54. The van der Waals surface area contributed by atoms with Gasteiger partial charge in [0.2, 0.25) is 0 Å². The van der Waals surface area contributed by atoms with E-state index in [4.69, 9.17) is 18.9 Å². The molecule has 0 bridgehead atoms. The van der Waals surface area contributed by atoms with E-state index in [9.17, 15) is 19.5 Å². The van der Waals surface area contributed by atoms with Crippen molar-refractivity contribution in [2.45, 2.75) is 57.7 Å². The highest BCUT2D eigenvalue weighted by atomic mass is 16.6. The van der Waals surface area contributed by atoms with Crippen molar-refractivity contribution < 1.29 is 38.4 Å². The Morgan fingerprint density at radius 1 is 1.32 bits per heavy atom. The van der Waals surface area contributed by atoms with Gasteiger partial charge in [0.05, 0.1) is 19.1 Å². The third-order valence-corrected chi connectivity index (χ3v) is 7.81. The summed E-state index contributed by atoms with van der Waals surface area (Å²) in [5, 5.41) is 11.2. The van der Waals surface area contributed by atoms with Crippen molar-refractivity contribution >= 4 is 17.9 Å². The number of carbonyl (C=O) groups is 3. The first kappa shape index (κ1) is 18.1. The molecule has 152 valence electrons. The molecule has 0 amide bonds. The molecule has 5 aliphatic rings. The molecule has 2 saturated carbocycles. The highest BCUT2D eigenvalue weighted by Crippen LogP contribution is 2.70. The molecule has 0 aromatic heterocycles. The molecule has 0 radical (unpaired) electrons. The lowest BCUT2D eigenvalue weighted by Crippen LogP contribution is -2.63. The second-order valence-corrected chi connectivity index (χ2v) is 9.18. The minimum Gasteiger partial charge on any atom is -0.469 e. The maximum absolute atomic E-state index is 12.8. The zero-order chi connectivity index (χ0) is 20.2. The van der Waals surface area contributed by atoms with Crippen molar-refractivity contribution in [1.29, 1.82) is 0 Å². The fraction of sp³-hybridized carbons (Fsp3) is 0.750. The molecule has 0 unspecified atom stereocenters. The second-order valence-electron chi connectivity index (χ2n) is 9.18. The molecule has 8 heteroatoms. The van der Waals surface area contributed by atoms with Crippen LogP contribution in [-0.4, -0.2) is 60.6 Å². The van der Waals surface area contributed by atoms with Crippen LogP contribution in [0, 0.1) is 28.6 Å². The normalized spacial score (nSPS) is 51.6. The van der Waals surface area contributed by atoms with Crippen molar-refractivity contribution in [2.24, 2.45) is 28.6 Å². The average molecular weight is 392 g/mol. The van der Waals surface area contributed by atoms with E-state index in [0.29, 0.717) is 6.42 Å². The van der Waals surface area contributed by atoms with E-state index in [0.717, 1.165) is 5.57 Å². The van der Waals surface area contributed by atoms with Crippen molar-refractivity contribution in [3.8, 4) is 0 Å². The van der Waals surface area contributed by atoms with Crippen LogP contribution in [0.1, 0.15) is 27.2 Å². The third kappa shape index (κ3) is 1.95. The van der Waals surface area contributed by atoms with Gasteiger partial charge in [0, 0.05) is 17.9 Å². The van der Waals surface area contributed by atoms with Crippen LogP contribution in [0.15, 0.2) is 11.6 Å². The lowest BCUT2D eigenvalue weighted by atomic mass is 9.46. The summed E-state index contributed by atoms with van der Waals surface area (Å²) in [6.45, 7) is 5.46. The molecule has 10 atom stereocenters. The molecule has 3 heterocycles. The Labute approximate surface area is 162 Å². The van der Waals surface area contributed by atoms with E-state index >= 15 is 0 Å².